The largest absolute Gasteiger partial charge is 0.480 e. The van der Waals surface area contributed by atoms with E-state index in [0.717, 1.165) is 32.1 Å². The van der Waals surface area contributed by atoms with Crippen LogP contribution < -0.4 is 5.32 Å². The first-order chi connectivity index (χ1) is 8.97. The van der Waals surface area contributed by atoms with Gasteiger partial charge < -0.3 is 10.4 Å². The van der Waals surface area contributed by atoms with E-state index in [9.17, 15) is 9.59 Å². The zero-order chi connectivity index (χ0) is 14.7. The van der Waals surface area contributed by atoms with Crippen molar-refractivity contribution in [2.45, 2.75) is 78.2 Å². The van der Waals surface area contributed by atoms with E-state index in [1.807, 2.05) is 6.92 Å². The van der Waals surface area contributed by atoms with Gasteiger partial charge in [-0.3, -0.25) is 4.79 Å². The molecule has 2 N–H and O–H groups in total. The minimum Gasteiger partial charge on any atom is -0.480 e. The Morgan fingerprint density at radius 2 is 1.74 bits per heavy atom. The molecule has 112 valence electrons. The van der Waals surface area contributed by atoms with Crippen LogP contribution in [0.5, 0.6) is 0 Å². The zero-order valence-corrected chi connectivity index (χ0v) is 12.6. The van der Waals surface area contributed by atoms with Crippen LogP contribution in [0.25, 0.3) is 0 Å². The third-order valence-corrected chi connectivity index (χ3v) is 3.16. The van der Waals surface area contributed by atoms with Crippen LogP contribution in [0.4, 0.5) is 0 Å². The van der Waals surface area contributed by atoms with Crippen molar-refractivity contribution in [3.05, 3.63) is 0 Å². The van der Waals surface area contributed by atoms with E-state index in [4.69, 9.17) is 5.11 Å². The molecule has 0 bridgehead atoms. The van der Waals surface area contributed by atoms with Gasteiger partial charge >= 0.3 is 5.97 Å². The van der Waals surface area contributed by atoms with Crippen molar-refractivity contribution in [3.63, 3.8) is 0 Å². The van der Waals surface area contributed by atoms with Crippen molar-refractivity contribution >= 4 is 11.9 Å². The van der Waals surface area contributed by atoms with Crippen LogP contribution in [0, 0.1) is 5.92 Å². The van der Waals surface area contributed by atoms with Crippen LogP contribution in [0.3, 0.4) is 0 Å². The monoisotopic (exact) mass is 271 g/mol. The standard InChI is InChI=1S/C15H29NO3/c1-4-5-10-13(15(18)19)16-14(17)11-8-6-7-9-12(2)3/h12-13H,4-11H2,1-3H3,(H,16,17)(H,18,19). The molecule has 0 fully saturated rings. The molecule has 0 aromatic heterocycles. The van der Waals surface area contributed by atoms with E-state index < -0.39 is 12.0 Å². The molecule has 0 aromatic rings. The number of rotatable bonds is 11. The highest BCUT2D eigenvalue weighted by Crippen LogP contribution is 2.09. The number of amides is 1. The maximum absolute atomic E-state index is 11.6. The second kappa shape index (κ2) is 10.8. The smallest absolute Gasteiger partial charge is 0.326 e. The van der Waals surface area contributed by atoms with E-state index in [1.54, 1.807) is 0 Å². The van der Waals surface area contributed by atoms with Gasteiger partial charge in [0.1, 0.15) is 6.04 Å². The van der Waals surface area contributed by atoms with Crippen molar-refractivity contribution in [2.24, 2.45) is 5.92 Å². The first kappa shape index (κ1) is 17.9. The van der Waals surface area contributed by atoms with Crippen molar-refractivity contribution in [1.29, 1.82) is 0 Å². The minimum atomic E-state index is -0.929. The van der Waals surface area contributed by atoms with Crippen LogP contribution in [-0.2, 0) is 9.59 Å². The van der Waals surface area contributed by atoms with E-state index in [0.29, 0.717) is 18.8 Å². The van der Waals surface area contributed by atoms with Crippen LogP contribution in [0.15, 0.2) is 0 Å². The predicted molar refractivity (Wildman–Crippen MR) is 77.0 cm³/mol. The Balaban J connectivity index is 3.77. The highest BCUT2D eigenvalue weighted by atomic mass is 16.4. The maximum atomic E-state index is 11.6. The van der Waals surface area contributed by atoms with Gasteiger partial charge in [0.25, 0.3) is 0 Å². The summed E-state index contributed by atoms with van der Waals surface area (Å²) in [4.78, 5) is 22.6. The van der Waals surface area contributed by atoms with Crippen molar-refractivity contribution in [1.82, 2.24) is 5.32 Å². The highest BCUT2D eigenvalue weighted by Gasteiger charge is 2.18. The van der Waals surface area contributed by atoms with Gasteiger partial charge in [-0.2, -0.15) is 0 Å². The van der Waals surface area contributed by atoms with E-state index in [2.05, 4.69) is 19.2 Å². The summed E-state index contributed by atoms with van der Waals surface area (Å²) < 4.78 is 0. The molecule has 4 heteroatoms. The quantitative estimate of drug-likeness (QED) is 0.566. The fourth-order valence-corrected chi connectivity index (χ4v) is 1.95. The molecule has 0 spiro atoms. The Morgan fingerprint density at radius 3 is 2.26 bits per heavy atom. The third-order valence-electron chi connectivity index (χ3n) is 3.16. The summed E-state index contributed by atoms with van der Waals surface area (Å²) in [5.41, 5.74) is 0. The Labute approximate surface area is 117 Å². The summed E-state index contributed by atoms with van der Waals surface area (Å²) in [5, 5.41) is 11.6. The Bertz CT molecular complexity index is 264. The number of carbonyl (C=O) groups is 2. The number of carboxylic acid groups (broad SMARTS) is 1. The predicted octanol–water partition coefficient (Wildman–Crippen LogP) is 3.35. The Hall–Kier alpha value is -1.06. The molecule has 0 saturated carbocycles. The first-order valence-corrected chi connectivity index (χ1v) is 7.49. The number of carboxylic acids is 1. The van der Waals surface area contributed by atoms with Crippen LogP contribution in [-0.4, -0.2) is 23.0 Å². The van der Waals surface area contributed by atoms with Gasteiger partial charge in [0.2, 0.25) is 5.91 Å². The molecular formula is C15H29NO3. The van der Waals surface area contributed by atoms with Gasteiger partial charge in [-0.1, -0.05) is 52.9 Å². The van der Waals surface area contributed by atoms with E-state index in [1.165, 1.54) is 6.42 Å². The average molecular weight is 271 g/mol. The molecule has 4 nitrogen and oxygen atoms in total. The molecule has 0 aliphatic rings. The maximum Gasteiger partial charge on any atom is 0.326 e. The van der Waals surface area contributed by atoms with E-state index in [-0.39, 0.29) is 5.91 Å². The van der Waals surface area contributed by atoms with Gasteiger partial charge in [-0.05, 0) is 18.8 Å². The molecule has 1 unspecified atom stereocenters. The van der Waals surface area contributed by atoms with E-state index >= 15 is 0 Å². The number of nitrogens with one attached hydrogen (secondary N) is 1. The molecule has 0 aromatic carbocycles. The highest BCUT2D eigenvalue weighted by molar-refractivity contribution is 5.83. The van der Waals surface area contributed by atoms with Crippen molar-refractivity contribution in [3.8, 4) is 0 Å². The molecule has 19 heavy (non-hydrogen) atoms. The fourth-order valence-electron chi connectivity index (χ4n) is 1.95. The van der Waals surface area contributed by atoms with Crippen LogP contribution in [0.2, 0.25) is 0 Å². The second-order valence-corrected chi connectivity index (χ2v) is 5.59. The lowest BCUT2D eigenvalue weighted by Crippen LogP contribution is -2.40. The minimum absolute atomic E-state index is 0.131. The Kier molecular flexibility index (Phi) is 10.2. The van der Waals surface area contributed by atoms with Gasteiger partial charge in [0.05, 0.1) is 0 Å². The number of hydrogen-bond acceptors (Lipinski definition) is 2. The molecule has 0 aliphatic heterocycles. The normalized spacial score (nSPS) is 12.4. The van der Waals surface area contributed by atoms with Gasteiger partial charge in [-0.25, -0.2) is 4.79 Å². The number of aliphatic carboxylic acids is 1. The third kappa shape index (κ3) is 10.5. The fraction of sp³-hybridized carbons (Fsp3) is 0.867. The molecule has 0 saturated heterocycles. The SMILES string of the molecule is CCCCC(NC(=O)CCCCCC(C)C)C(=O)O. The molecule has 1 atom stereocenters. The molecular weight excluding hydrogens is 242 g/mol. The summed E-state index contributed by atoms with van der Waals surface area (Å²) in [5.74, 6) is -0.353. The number of hydrogen-bond donors (Lipinski definition) is 2. The molecule has 1 amide bonds. The molecule has 0 radical (unpaired) electrons. The summed E-state index contributed by atoms with van der Waals surface area (Å²) in [6, 6.07) is -0.719. The van der Waals surface area contributed by atoms with Crippen LogP contribution >= 0.6 is 0 Å². The zero-order valence-electron chi connectivity index (χ0n) is 12.6. The average Bonchev–Trinajstić information content (AvgIpc) is 2.33. The lowest BCUT2D eigenvalue weighted by atomic mass is 10.0. The summed E-state index contributed by atoms with van der Waals surface area (Å²) >= 11 is 0. The summed E-state index contributed by atoms with van der Waals surface area (Å²) in [7, 11) is 0. The lowest BCUT2D eigenvalue weighted by Gasteiger charge is -2.14. The van der Waals surface area contributed by atoms with Gasteiger partial charge in [-0.15, -0.1) is 0 Å². The van der Waals surface area contributed by atoms with Crippen LogP contribution in [0.1, 0.15) is 72.1 Å². The topological polar surface area (TPSA) is 66.4 Å². The van der Waals surface area contributed by atoms with Crippen molar-refractivity contribution in [2.75, 3.05) is 0 Å². The number of carbonyl (C=O) groups excluding carboxylic acids is 1. The van der Waals surface area contributed by atoms with Gasteiger partial charge in [0.15, 0.2) is 0 Å². The molecule has 0 heterocycles. The lowest BCUT2D eigenvalue weighted by molar-refractivity contribution is -0.142. The number of unbranched alkanes of at least 4 members (excludes halogenated alkanes) is 3. The summed E-state index contributed by atoms with van der Waals surface area (Å²) in [6.45, 7) is 6.39. The second-order valence-electron chi connectivity index (χ2n) is 5.59. The molecule has 0 rings (SSSR count). The Morgan fingerprint density at radius 1 is 1.05 bits per heavy atom. The van der Waals surface area contributed by atoms with Crippen molar-refractivity contribution < 1.29 is 14.7 Å². The summed E-state index contributed by atoms with van der Waals surface area (Å²) in [6.07, 6.45) is 6.94. The van der Waals surface area contributed by atoms with Gasteiger partial charge in [0, 0.05) is 6.42 Å². The first-order valence-electron chi connectivity index (χ1n) is 7.49. The molecule has 0 aliphatic carbocycles.